The molecule has 0 aromatic carbocycles. The van der Waals surface area contributed by atoms with Gasteiger partial charge < -0.3 is 0 Å². The summed E-state index contributed by atoms with van der Waals surface area (Å²) in [6.45, 7) is 0. The second kappa shape index (κ2) is 2.86. The summed E-state index contributed by atoms with van der Waals surface area (Å²) in [7, 11) is 0. The lowest BCUT2D eigenvalue weighted by Crippen LogP contribution is -1.71. The number of rotatable bonds is 1. The zero-order valence-electron chi connectivity index (χ0n) is 4.60. The SMILES string of the molecule is N#CCc1sccc1Cl. The minimum absolute atomic E-state index is 0.427. The molecule has 0 saturated carbocycles. The van der Waals surface area contributed by atoms with Crippen LogP contribution in [0.4, 0.5) is 0 Å². The number of hydrogen-bond acceptors (Lipinski definition) is 2. The van der Waals surface area contributed by atoms with E-state index in [0.717, 1.165) is 4.88 Å². The lowest BCUT2D eigenvalue weighted by atomic mass is 10.4. The number of thiophene rings is 1. The quantitative estimate of drug-likeness (QED) is 0.615. The fourth-order valence-electron chi connectivity index (χ4n) is 0.523. The first-order chi connectivity index (χ1) is 4.34. The minimum Gasteiger partial charge on any atom is -0.198 e. The molecule has 0 saturated heterocycles. The highest BCUT2D eigenvalue weighted by Gasteiger charge is 1.98. The predicted octanol–water partition coefficient (Wildman–Crippen LogP) is 2.47. The van der Waals surface area contributed by atoms with Crippen molar-refractivity contribution in [3.8, 4) is 6.07 Å². The molecule has 0 amide bonds. The molecule has 0 fully saturated rings. The van der Waals surface area contributed by atoms with Gasteiger partial charge in [-0.15, -0.1) is 11.3 Å². The van der Waals surface area contributed by atoms with Crippen LogP contribution < -0.4 is 0 Å². The average molecular weight is 158 g/mol. The maximum Gasteiger partial charge on any atom is 0.0710 e. The van der Waals surface area contributed by atoms with Crippen LogP contribution in [-0.4, -0.2) is 0 Å². The number of hydrogen-bond donors (Lipinski definition) is 0. The van der Waals surface area contributed by atoms with Gasteiger partial charge in [0.2, 0.25) is 0 Å². The molecule has 0 spiro atoms. The van der Waals surface area contributed by atoms with Gasteiger partial charge in [0.05, 0.1) is 17.5 Å². The molecule has 9 heavy (non-hydrogen) atoms. The normalized spacial score (nSPS) is 8.89. The van der Waals surface area contributed by atoms with Crippen molar-refractivity contribution < 1.29 is 0 Å². The summed E-state index contributed by atoms with van der Waals surface area (Å²) in [6.07, 6.45) is 0.427. The predicted molar refractivity (Wildman–Crippen MR) is 38.6 cm³/mol. The van der Waals surface area contributed by atoms with Crippen LogP contribution in [0.5, 0.6) is 0 Å². The summed E-state index contributed by atoms with van der Waals surface area (Å²) in [5.41, 5.74) is 0. The van der Waals surface area contributed by atoms with Crippen LogP contribution >= 0.6 is 22.9 Å². The summed E-state index contributed by atoms with van der Waals surface area (Å²) < 4.78 is 0. The maximum absolute atomic E-state index is 8.26. The van der Waals surface area contributed by atoms with E-state index >= 15 is 0 Å². The molecule has 0 unspecified atom stereocenters. The van der Waals surface area contributed by atoms with Gasteiger partial charge in [0.1, 0.15) is 0 Å². The zero-order chi connectivity index (χ0) is 6.69. The topological polar surface area (TPSA) is 23.8 Å². The van der Waals surface area contributed by atoms with E-state index in [4.69, 9.17) is 16.9 Å². The van der Waals surface area contributed by atoms with Gasteiger partial charge in [0, 0.05) is 4.88 Å². The molecule has 0 N–H and O–H groups in total. The molecule has 1 rings (SSSR count). The van der Waals surface area contributed by atoms with Crippen LogP contribution in [0.1, 0.15) is 4.88 Å². The second-order valence-corrected chi connectivity index (χ2v) is 2.93. The monoisotopic (exact) mass is 157 g/mol. The minimum atomic E-state index is 0.427. The van der Waals surface area contributed by atoms with E-state index in [0.29, 0.717) is 11.4 Å². The third-order valence-corrected chi connectivity index (χ3v) is 2.32. The van der Waals surface area contributed by atoms with Crippen molar-refractivity contribution in [1.29, 1.82) is 5.26 Å². The van der Waals surface area contributed by atoms with E-state index in [1.54, 1.807) is 6.07 Å². The first kappa shape index (κ1) is 6.60. The third-order valence-electron chi connectivity index (χ3n) is 0.931. The Labute approximate surface area is 62.5 Å². The zero-order valence-corrected chi connectivity index (χ0v) is 6.17. The molecular formula is C6H4ClNS. The summed E-state index contributed by atoms with van der Waals surface area (Å²) in [4.78, 5) is 0.958. The Morgan fingerprint density at radius 2 is 2.56 bits per heavy atom. The molecule has 46 valence electrons. The van der Waals surface area contributed by atoms with Gasteiger partial charge in [0.15, 0.2) is 0 Å². The van der Waals surface area contributed by atoms with E-state index in [1.165, 1.54) is 11.3 Å². The van der Waals surface area contributed by atoms with Crippen molar-refractivity contribution in [3.63, 3.8) is 0 Å². The van der Waals surface area contributed by atoms with Crippen molar-refractivity contribution in [2.24, 2.45) is 0 Å². The molecule has 1 heterocycles. The van der Waals surface area contributed by atoms with Gasteiger partial charge in [0.25, 0.3) is 0 Å². The molecular weight excluding hydrogens is 154 g/mol. The first-order valence-corrected chi connectivity index (χ1v) is 3.69. The van der Waals surface area contributed by atoms with Crippen LogP contribution in [0.3, 0.4) is 0 Å². The Kier molecular flexibility index (Phi) is 2.10. The van der Waals surface area contributed by atoms with Crippen molar-refractivity contribution >= 4 is 22.9 Å². The fraction of sp³-hybridized carbons (Fsp3) is 0.167. The molecule has 0 radical (unpaired) electrons. The smallest absolute Gasteiger partial charge is 0.0710 e. The Morgan fingerprint density at radius 1 is 1.78 bits per heavy atom. The van der Waals surface area contributed by atoms with E-state index in [2.05, 4.69) is 0 Å². The Morgan fingerprint density at radius 3 is 3.00 bits per heavy atom. The van der Waals surface area contributed by atoms with Crippen LogP contribution in [0.25, 0.3) is 0 Å². The highest BCUT2D eigenvalue weighted by atomic mass is 35.5. The molecule has 1 aromatic heterocycles. The summed E-state index contributed by atoms with van der Waals surface area (Å²) in [6, 6.07) is 3.84. The molecule has 0 aliphatic heterocycles. The Hall–Kier alpha value is -0.520. The average Bonchev–Trinajstić information content (AvgIpc) is 2.18. The van der Waals surface area contributed by atoms with Gasteiger partial charge in [-0.2, -0.15) is 5.26 Å². The molecule has 0 aliphatic rings. The van der Waals surface area contributed by atoms with Crippen molar-refractivity contribution in [2.45, 2.75) is 6.42 Å². The summed E-state index contributed by atoms with van der Waals surface area (Å²) in [5.74, 6) is 0. The van der Waals surface area contributed by atoms with Crippen molar-refractivity contribution in [3.05, 3.63) is 21.3 Å². The summed E-state index contributed by atoms with van der Waals surface area (Å²) >= 11 is 7.20. The fourth-order valence-corrected chi connectivity index (χ4v) is 1.56. The van der Waals surface area contributed by atoms with Gasteiger partial charge in [-0.3, -0.25) is 0 Å². The Balaban J connectivity index is 2.84. The highest BCUT2D eigenvalue weighted by Crippen LogP contribution is 2.21. The van der Waals surface area contributed by atoms with E-state index in [1.807, 2.05) is 11.4 Å². The van der Waals surface area contributed by atoms with Crippen LogP contribution in [0.15, 0.2) is 11.4 Å². The van der Waals surface area contributed by atoms with Gasteiger partial charge in [-0.1, -0.05) is 11.6 Å². The molecule has 1 nitrogen and oxygen atoms in total. The van der Waals surface area contributed by atoms with E-state index in [-0.39, 0.29) is 0 Å². The third kappa shape index (κ3) is 1.44. The van der Waals surface area contributed by atoms with E-state index < -0.39 is 0 Å². The van der Waals surface area contributed by atoms with Gasteiger partial charge >= 0.3 is 0 Å². The number of halogens is 1. The molecule has 0 aliphatic carbocycles. The lowest BCUT2D eigenvalue weighted by Gasteiger charge is -1.83. The largest absolute Gasteiger partial charge is 0.198 e. The van der Waals surface area contributed by atoms with Crippen molar-refractivity contribution in [2.75, 3.05) is 0 Å². The number of nitriles is 1. The lowest BCUT2D eigenvalue weighted by molar-refractivity contribution is 1.32. The summed E-state index contributed by atoms with van der Waals surface area (Å²) in [5, 5.41) is 10.9. The second-order valence-electron chi connectivity index (χ2n) is 1.53. The molecule has 3 heteroatoms. The molecule has 0 atom stereocenters. The molecule has 0 bridgehead atoms. The van der Waals surface area contributed by atoms with Gasteiger partial charge in [-0.05, 0) is 11.4 Å². The van der Waals surface area contributed by atoms with Crippen LogP contribution in [-0.2, 0) is 6.42 Å². The van der Waals surface area contributed by atoms with E-state index in [9.17, 15) is 0 Å². The van der Waals surface area contributed by atoms with Crippen LogP contribution in [0, 0.1) is 11.3 Å². The van der Waals surface area contributed by atoms with Crippen molar-refractivity contribution in [1.82, 2.24) is 0 Å². The first-order valence-electron chi connectivity index (χ1n) is 2.43. The van der Waals surface area contributed by atoms with Crippen LogP contribution in [0.2, 0.25) is 5.02 Å². The Bertz CT molecular complexity index is 235. The molecule has 1 aromatic rings. The van der Waals surface area contributed by atoms with Gasteiger partial charge in [-0.25, -0.2) is 0 Å². The number of nitrogens with zero attached hydrogens (tertiary/aromatic N) is 1. The highest BCUT2D eigenvalue weighted by molar-refractivity contribution is 7.10. The standard InChI is InChI=1S/C6H4ClNS/c7-5-2-4-9-6(5)1-3-8/h2,4H,1H2. The maximum atomic E-state index is 8.26.